The molecule has 6 heteroatoms. The van der Waals surface area contributed by atoms with Crippen LogP contribution < -0.4 is 9.47 Å². The number of thioether (sulfide) groups is 1. The molecular formula is C25H25N3O2S. The fourth-order valence-corrected chi connectivity index (χ4v) is 4.26. The molecule has 0 bridgehead atoms. The number of hydrogen-bond donors (Lipinski definition) is 0. The highest BCUT2D eigenvalue weighted by atomic mass is 32.2. The van der Waals surface area contributed by atoms with E-state index >= 15 is 0 Å². The van der Waals surface area contributed by atoms with E-state index in [1.165, 1.54) is 16.7 Å². The molecule has 0 aliphatic rings. The van der Waals surface area contributed by atoms with Crippen LogP contribution in [-0.2, 0) is 5.75 Å². The van der Waals surface area contributed by atoms with Gasteiger partial charge in [-0.25, -0.2) is 0 Å². The van der Waals surface area contributed by atoms with Crippen LogP contribution in [0, 0.1) is 13.8 Å². The third-order valence-corrected chi connectivity index (χ3v) is 5.99. The van der Waals surface area contributed by atoms with E-state index in [9.17, 15) is 0 Å². The maximum absolute atomic E-state index is 5.46. The lowest BCUT2D eigenvalue weighted by atomic mass is 10.1. The van der Waals surface area contributed by atoms with Crippen LogP contribution in [0.1, 0.15) is 16.7 Å². The molecule has 158 valence electrons. The van der Waals surface area contributed by atoms with Gasteiger partial charge in [0.2, 0.25) is 0 Å². The van der Waals surface area contributed by atoms with Crippen LogP contribution >= 0.6 is 11.8 Å². The van der Waals surface area contributed by atoms with Gasteiger partial charge in [-0.2, -0.15) is 0 Å². The molecule has 0 saturated heterocycles. The second kappa shape index (κ2) is 9.27. The van der Waals surface area contributed by atoms with Crippen LogP contribution in [0.3, 0.4) is 0 Å². The average Bonchev–Trinajstić information content (AvgIpc) is 3.22. The largest absolute Gasteiger partial charge is 0.497 e. The van der Waals surface area contributed by atoms with Crippen molar-refractivity contribution in [3.8, 4) is 28.6 Å². The first kappa shape index (κ1) is 21.0. The van der Waals surface area contributed by atoms with Crippen molar-refractivity contribution in [1.29, 1.82) is 0 Å². The highest BCUT2D eigenvalue weighted by Gasteiger charge is 2.18. The molecule has 0 aliphatic carbocycles. The Morgan fingerprint density at radius 1 is 0.806 bits per heavy atom. The van der Waals surface area contributed by atoms with E-state index < -0.39 is 0 Å². The molecule has 31 heavy (non-hydrogen) atoms. The van der Waals surface area contributed by atoms with Crippen molar-refractivity contribution in [1.82, 2.24) is 14.8 Å². The molecule has 0 amide bonds. The first-order valence-electron chi connectivity index (χ1n) is 10.0. The standard InChI is InChI=1S/C25H25N3O2S/c1-17-8-10-21(11-9-17)28-24(20-13-22(29-3)15-23(14-20)30-4)26-27-25(28)31-16-19-7-5-6-18(2)12-19/h5-15H,16H2,1-4H3. The lowest BCUT2D eigenvalue weighted by Gasteiger charge is -2.12. The van der Waals surface area contributed by atoms with Crippen LogP contribution in [0.5, 0.6) is 11.5 Å². The zero-order valence-corrected chi connectivity index (χ0v) is 18.9. The summed E-state index contributed by atoms with van der Waals surface area (Å²) in [6.07, 6.45) is 0. The van der Waals surface area contributed by atoms with Crippen molar-refractivity contribution >= 4 is 11.8 Å². The maximum atomic E-state index is 5.46. The summed E-state index contributed by atoms with van der Waals surface area (Å²) in [6, 6.07) is 22.7. The van der Waals surface area contributed by atoms with E-state index in [4.69, 9.17) is 9.47 Å². The third kappa shape index (κ3) is 4.75. The molecule has 4 aromatic rings. The minimum Gasteiger partial charge on any atom is -0.497 e. The molecular weight excluding hydrogens is 406 g/mol. The molecule has 1 aromatic heterocycles. The van der Waals surface area contributed by atoms with Crippen LogP contribution in [0.25, 0.3) is 17.1 Å². The van der Waals surface area contributed by atoms with E-state index in [1.807, 2.05) is 18.2 Å². The molecule has 0 N–H and O–H groups in total. The smallest absolute Gasteiger partial charge is 0.196 e. The Morgan fingerprint density at radius 2 is 1.52 bits per heavy atom. The van der Waals surface area contributed by atoms with Gasteiger partial charge in [0, 0.05) is 23.1 Å². The second-order valence-electron chi connectivity index (χ2n) is 7.36. The minimum atomic E-state index is 0.710. The normalized spacial score (nSPS) is 10.8. The van der Waals surface area contributed by atoms with Gasteiger partial charge in [-0.3, -0.25) is 4.57 Å². The zero-order chi connectivity index (χ0) is 21.8. The molecule has 0 saturated carbocycles. The molecule has 5 nitrogen and oxygen atoms in total. The SMILES string of the molecule is COc1cc(OC)cc(-c2nnc(SCc3cccc(C)c3)n2-c2ccc(C)cc2)c1. The van der Waals surface area contributed by atoms with Gasteiger partial charge in [0.1, 0.15) is 11.5 Å². The monoisotopic (exact) mass is 431 g/mol. The van der Waals surface area contributed by atoms with Gasteiger partial charge in [0.15, 0.2) is 11.0 Å². The van der Waals surface area contributed by atoms with Crippen molar-refractivity contribution in [2.24, 2.45) is 0 Å². The van der Waals surface area contributed by atoms with E-state index in [1.54, 1.807) is 26.0 Å². The number of aryl methyl sites for hydroxylation is 2. The summed E-state index contributed by atoms with van der Waals surface area (Å²) in [5, 5.41) is 9.92. The number of hydrogen-bond acceptors (Lipinski definition) is 5. The fraction of sp³-hybridized carbons (Fsp3) is 0.200. The number of aromatic nitrogens is 3. The highest BCUT2D eigenvalue weighted by Crippen LogP contribution is 2.33. The molecule has 0 spiro atoms. The molecule has 4 rings (SSSR count). The number of methoxy groups -OCH3 is 2. The van der Waals surface area contributed by atoms with Crippen molar-refractivity contribution < 1.29 is 9.47 Å². The molecule has 0 fully saturated rings. The summed E-state index contributed by atoms with van der Waals surface area (Å²) in [5.74, 6) is 2.98. The van der Waals surface area contributed by atoms with Crippen LogP contribution in [0.15, 0.2) is 71.9 Å². The van der Waals surface area contributed by atoms with Crippen molar-refractivity contribution in [3.63, 3.8) is 0 Å². The van der Waals surface area contributed by atoms with Crippen LogP contribution in [0.4, 0.5) is 0 Å². The van der Waals surface area contributed by atoms with Gasteiger partial charge >= 0.3 is 0 Å². The Hall–Kier alpha value is -3.25. The molecule has 0 aliphatic heterocycles. The second-order valence-corrected chi connectivity index (χ2v) is 8.30. The quantitative estimate of drug-likeness (QED) is 0.343. The summed E-state index contributed by atoms with van der Waals surface area (Å²) in [6.45, 7) is 4.19. The Balaban J connectivity index is 1.78. The van der Waals surface area contributed by atoms with Crippen LogP contribution in [0.2, 0.25) is 0 Å². The summed E-state index contributed by atoms with van der Waals surface area (Å²) >= 11 is 1.67. The number of benzene rings is 3. The van der Waals surface area contributed by atoms with Crippen LogP contribution in [-0.4, -0.2) is 29.0 Å². The Kier molecular flexibility index (Phi) is 6.28. The first-order valence-corrected chi connectivity index (χ1v) is 11.0. The van der Waals surface area contributed by atoms with Gasteiger partial charge < -0.3 is 9.47 Å². The fourth-order valence-electron chi connectivity index (χ4n) is 3.36. The summed E-state index contributed by atoms with van der Waals surface area (Å²) < 4.78 is 13.0. The molecule has 0 radical (unpaired) electrons. The summed E-state index contributed by atoms with van der Waals surface area (Å²) in [7, 11) is 3.29. The highest BCUT2D eigenvalue weighted by molar-refractivity contribution is 7.98. The Labute approximate surface area is 187 Å². The molecule has 0 atom stereocenters. The lowest BCUT2D eigenvalue weighted by Crippen LogP contribution is -2.00. The third-order valence-electron chi connectivity index (χ3n) is 4.99. The van der Waals surface area contributed by atoms with E-state index in [0.29, 0.717) is 11.5 Å². The van der Waals surface area contributed by atoms with Crippen molar-refractivity contribution in [2.75, 3.05) is 14.2 Å². The predicted octanol–water partition coefficient (Wildman–Crippen LogP) is 5.86. The van der Waals surface area contributed by atoms with E-state index in [-0.39, 0.29) is 0 Å². The number of ether oxygens (including phenoxy) is 2. The lowest BCUT2D eigenvalue weighted by molar-refractivity contribution is 0.394. The predicted molar refractivity (Wildman–Crippen MR) is 125 cm³/mol. The number of rotatable bonds is 7. The van der Waals surface area contributed by atoms with E-state index in [0.717, 1.165) is 28.0 Å². The van der Waals surface area contributed by atoms with Gasteiger partial charge in [0.05, 0.1) is 14.2 Å². The Bertz CT molecular complexity index is 1160. The first-order chi connectivity index (χ1) is 15.1. The molecule has 0 unspecified atom stereocenters. The van der Waals surface area contributed by atoms with Gasteiger partial charge in [-0.05, 0) is 43.7 Å². The topological polar surface area (TPSA) is 49.2 Å². The summed E-state index contributed by atoms with van der Waals surface area (Å²) in [4.78, 5) is 0. The molecule has 3 aromatic carbocycles. The van der Waals surface area contributed by atoms with E-state index in [2.05, 4.69) is 77.1 Å². The van der Waals surface area contributed by atoms with Crippen molar-refractivity contribution in [3.05, 3.63) is 83.4 Å². The average molecular weight is 432 g/mol. The Morgan fingerprint density at radius 3 is 2.16 bits per heavy atom. The maximum Gasteiger partial charge on any atom is 0.196 e. The summed E-state index contributed by atoms with van der Waals surface area (Å²) in [5.41, 5.74) is 5.61. The zero-order valence-electron chi connectivity index (χ0n) is 18.1. The minimum absolute atomic E-state index is 0.710. The van der Waals surface area contributed by atoms with Gasteiger partial charge in [0.25, 0.3) is 0 Å². The van der Waals surface area contributed by atoms with Gasteiger partial charge in [-0.15, -0.1) is 10.2 Å². The number of nitrogens with zero attached hydrogens (tertiary/aromatic N) is 3. The molecule has 1 heterocycles. The van der Waals surface area contributed by atoms with Crippen molar-refractivity contribution in [2.45, 2.75) is 24.8 Å². The van der Waals surface area contributed by atoms with Gasteiger partial charge in [-0.1, -0.05) is 59.3 Å².